The Bertz CT molecular complexity index is 1270. The number of aromatic amines is 1. The molecule has 0 aliphatic heterocycles. The van der Waals surface area contributed by atoms with Crippen molar-refractivity contribution in [2.24, 2.45) is 12.1 Å². The lowest BCUT2D eigenvalue weighted by molar-refractivity contribution is 0.0955. The van der Waals surface area contributed by atoms with Crippen molar-refractivity contribution in [1.29, 1.82) is 0 Å². The molecule has 0 aliphatic carbocycles. The van der Waals surface area contributed by atoms with E-state index in [9.17, 15) is 9.59 Å². The first-order valence-corrected chi connectivity index (χ1v) is 9.33. The fourth-order valence-corrected chi connectivity index (χ4v) is 3.13. The van der Waals surface area contributed by atoms with Crippen LogP contribution in [0.5, 0.6) is 0 Å². The predicted molar refractivity (Wildman–Crippen MR) is 116 cm³/mol. The van der Waals surface area contributed by atoms with Gasteiger partial charge in [-0.25, -0.2) is 5.43 Å². The van der Waals surface area contributed by atoms with Crippen LogP contribution in [0.15, 0.2) is 72.1 Å². The Morgan fingerprint density at radius 1 is 1.07 bits per heavy atom. The van der Waals surface area contributed by atoms with Gasteiger partial charge in [0.15, 0.2) is 0 Å². The van der Waals surface area contributed by atoms with Crippen molar-refractivity contribution in [3.63, 3.8) is 0 Å². The molecule has 0 unspecified atom stereocenters. The number of carbonyl (C=O) groups is 2. The van der Waals surface area contributed by atoms with Crippen LogP contribution in [0.1, 0.15) is 33.3 Å². The number of aromatic nitrogens is 3. The minimum atomic E-state index is -0.299. The Hall–Kier alpha value is -4.20. The largest absolute Gasteiger partial charge is 0.360 e. The molecule has 2 aromatic heterocycles. The second-order valence-electron chi connectivity index (χ2n) is 6.76. The first kappa shape index (κ1) is 19.1. The summed E-state index contributed by atoms with van der Waals surface area (Å²) in [6.45, 7) is 1.79. The molecule has 0 spiro atoms. The minimum Gasteiger partial charge on any atom is -0.360 e. The number of fused-ring (bicyclic) bond motifs is 1. The van der Waals surface area contributed by atoms with Crippen molar-refractivity contribution in [2.75, 3.05) is 5.32 Å². The molecule has 0 fully saturated rings. The number of hydrazone groups is 1. The van der Waals surface area contributed by atoms with Gasteiger partial charge in [0, 0.05) is 36.0 Å². The average Bonchev–Trinajstić information content (AvgIpc) is 3.38. The van der Waals surface area contributed by atoms with E-state index in [1.807, 2.05) is 36.4 Å². The summed E-state index contributed by atoms with van der Waals surface area (Å²) in [4.78, 5) is 28.0. The Balaban J connectivity index is 1.48. The van der Waals surface area contributed by atoms with E-state index in [4.69, 9.17) is 0 Å². The molecule has 8 heteroatoms. The second-order valence-corrected chi connectivity index (χ2v) is 6.76. The third-order valence-electron chi connectivity index (χ3n) is 4.75. The maximum absolute atomic E-state index is 12.5. The number of nitrogens with one attached hydrogen (secondary N) is 3. The van der Waals surface area contributed by atoms with E-state index in [-0.39, 0.29) is 11.8 Å². The van der Waals surface area contributed by atoms with Gasteiger partial charge in [-0.1, -0.05) is 30.3 Å². The van der Waals surface area contributed by atoms with Gasteiger partial charge in [-0.05, 0) is 36.8 Å². The number of nitrogens with zero attached hydrogens (tertiary/aromatic N) is 3. The maximum Gasteiger partial charge on any atom is 0.273 e. The zero-order chi connectivity index (χ0) is 21.1. The summed E-state index contributed by atoms with van der Waals surface area (Å²) in [5.74, 6) is -0.554. The lowest BCUT2D eigenvalue weighted by atomic mass is 10.1. The van der Waals surface area contributed by atoms with Gasteiger partial charge in [-0.15, -0.1) is 0 Å². The Morgan fingerprint density at radius 2 is 1.90 bits per heavy atom. The highest BCUT2D eigenvalue weighted by molar-refractivity contribution is 6.08. The molecular formula is C22H20N6O2. The number of rotatable bonds is 5. The molecule has 8 nitrogen and oxygen atoms in total. The lowest BCUT2D eigenvalue weighted by Crippen LogP contribution is -2.19. The summed E-state index contributed by atoms with van der Waals surface area (Å²) in [5.41, 5.74) is 6.47. The highest BCUT2D eigenvalue weighted by Crippen LogP contribution is 2.17. The van der Waals surface area contributed by atoms with Gasteiger partial charge < -0.3 is 10.3 Å². The van der Waals surface area contributed by atoms with Gasteiger partial charge in [0.05, 0.1) is 11.3 Å². The van der Waals surface area contributed by atoms with E-state index in [1.54, 1.807) is 44.6 Å². The molecule has 2 amide bonds. The Labute approximate surface area is 172 Å². The van der Waals surface area contributed by atoms with Crippen molar-refractivity contribution in [3.05, 3.63) is 83.8 Å². The zero-order valence-corrected chi connectivity index (χ0v) is 16.5. The third kappa shape index (κ3) is 3.83. The number of hydrogen-bond acceptors (Lipinski definition) is 4. The number of aryl methyl sites for hydroxylation is 1. The number of carbonyl (C=O) groups excluding carboxylic acids is 2. The molecule has 0 atom stereocenters. The van der Waals surface area contributed by atoms with Gasteiger partial charge in [0.25, 0.3) is 11.8 Å². The summed E-state index contributed by atoms with van der Waals surface area (Å²) in [6, 6.07) is 16.5. The quantitative estimate of drug-likeness (QED) is 0.354. The lowest BCUT2D eigenvalue weighted by Gasteiger charge is -2.08. The van der Waals surface area contributed by atoms with E-state index in [0.717, 1.165) is 16.5 Å². The van der Waals surface area contributed by atoms with Gasteiger partial charge >= 0.3 is 0 Å². The van der Waals surface area contributed by atoms with Gasteiger partial charge in [0.2, 0.25) is 0 Å². The number of amides is 2. The van der Waals surface area contributed by atoms with E-state index in [1.165, 1.54) is 4.68 Å². The zero-order valence-electron chi connectivity index (χ0n) is 16.5. The monoisotopic (exact) mass is 400 g/mol. The van der Waals surface area contributed by atoms with Crippen molar-refractivity contribution in [2.45, 2.75) is 6.92 Å². The number of para-hydroxylation sites is 1. The molecule has 3 N–H and O–H groups in total. The molecule has 0 saturated carbocycles. The SMILES string of the molecule is C/C(=N/NC(=O)c1c[nH]c2ccccc12)c1cccc(NC(=O)c2ccnn2C)c1. The van der Waals surface area contributed by atoms with Crippen LogP contribution in [0.2, 0.25) is 0 Å². The molecule has 150 valence electrons. The fraction of sp³-hybridized carbons (Fsp3) is 0.0909. The van der Waals surface area contributed by atoms with Crippen LogP contribution in [0.4, 0.5) is 5.69 Å². The number of anilines is 1. The first-order valence-electron chi connectivity index (χ1n) is 9.33. The van der Waals surface area contributed by atoms with Crippen LogP contribution in [0.3, 0.4) is 0 Å². The van der Waals surface area contributed by atoms with Crippen molar-refractivity contribution in [3.8, 4) is 0 Å². The number of benzene rings is 2. The van der Waals surface area contributed by atoms with Gasteiger partial charge in [-0.2, -0.15) is 10.2 Å². The van der Waals surface area contributed by atoms with Crippen molar-refractivity contribution in [1.82, 2.24) is 20.2 Å². The summed E-state index contributed by atoms with van der Waals surface area (Å²) in [6.07, 6.45) is 3.23. The topological polar surface area (TPSA) is 104 Å². The first-order chi connectivity index (χ1) is 14.5. The Kier molecular flexibility index (Phi) is 5.13. The molecule has 2 aromatic carbocycles. The molecule has 4 aromatic rings. The molecule has 0 saturated heterocycles. The molecule has 4 rings (SSSR count). The van der Waals surface area contributed by atoms with Crippen LogP contribution in [-0.4, -0.2) is 32.3 Å². The highest BCUT2D eigenvalue weighted by Gasteiger charge is 2.12. The van der Waals surface area contributed by atoms with Crippen molar-refractivity contribution < 1.29 is 9.59 Å². The van der Waals surface area contributed by atoms with Crippen LogP contribution in [0.25, 0.3) is 10.9 Å². The van der Waals surface area contributed by atoms with E-state index < -0.39 is 0 Å². The second kappa shape index (κ2) is 8.04. The minimum absolute atomic E-state index is 0.255. The van der Waals surface area contributed by atoms with E-state index in [2.05, 4.69) is 25.9 Å². The van der Waals surface area contributed by atoms with E-state index in [0.29, 0.717) is 22.7 Å². The molecule has 0 bridgehead atoms. The van der Waals surface area contributed by atoms with Gasteiger partial charge in [-0.3, -0.25) is 14.3 Å². The van der Waals surface area contributed by atoms with Crippen LogP contribution in [0, 0.1) is 0 Å². The number of H-pyrrole nitrogens is 1. The summed E-state index contributed by atoms with van der Waals surface area (Å²) in [5, 5.41) is 11.9. The fourth-order valence-electron chi connectivity index (χ4n) is 3.13. The summed E-state index contributed by atoms with van der Waals surface area (Å²) in [7, 11) is 1.71. The molecule has 0 radical (unpaired) electrons. The van der Waals surface area contributed by atoms with Crippen LogP contribution in [-0.2, 0) is 7.05 Å². The van der Waals surface area contributed by atoms with Crippen LogP contribution >= 0.6 is 0 Å². The molecule has 0 aliphatic rings. The third-order valence-corrected chi connectivity index (χ3v) is 4.75. The van der Waals surface area contributed by atoms with Crippen LogP contribution < -0.4 is 10.7 Å². The molecule has 2 heterocycles. The maximum atomic E-state index is 12.5. The average molecular weight is 400 g/mol. The Morgan fingerprint density at radius 3 is 2.70 bits per heavy atom. The number of hydrogen-bond donors (Lipinski definition) is 3. The molecule has 30 heavy (non-hydrogen) atoms. The molecular weight excluding hydrogens is 380 g/mol. The highest BCUT2D eigenvalue weighted by atomic mass is 16.2. The normalized spacial score (nSPS) is 11.5. The summed E-state index contributed by atoms with van der Waals surface area (Å²) >= 11 is 0. The van der Waals surface area contributed by atoms with Crippen molar-refractivity contribution >= 4 is 34.1 Å². The summed E-state index contributed by atoms with van der Waals surface area (Å²) < 4.78 is 1.51. The van der Waals surface area contributed by atoms with E-state index >= 15 is 0 Å². The smallest absolute Gasteiger partial charge is 0.273 e. The standard InChI is InChI=1S/C22H20N6O2/c1-14(26-27-21(29)18-13-23-19-9-4-3-8-17(18)19)15-6-5-7-16(12-15)25-22(30)20-10-11-24-28(20)2/h3-13,23H,1-2H3,(H,25,30)(H,27,29)/b26-14-. The predicted octanol–water partition coefficient (Wildman–Crippen LogP) is 3.31. The van der Waals surface area contributed by atoms with Gasteiger partial charge in [0.1, 0.15) is 5.69 Å².